The van der Waals surface area contributed by atoms with Gasteiger partial charge >= 0.3 is 5.97 Å². The van der Waals surface area contributed by atoms with E-state index in [-0.39, 0.29) is 23.5 Å². The lowest BCUT2D eigenvalue weighted by Crippen LogP contribution is -2.43. The molecule has 1 fully saturated rings. The number of ether oxygens (including phenoxy) is 1. The first kappa shape index (κ1) is 26.1. The van der Waals surface area contributed by atoms with Gasteiger partial charge in [-0.05, 0) is 60.9 Å². The standard InChI is InChI=1S/C30H32N2O5S/c1-3-32(23-13-14-38(35,36)19-23)27(33)18-37-30(34)28-24-11-7-8-12-26(24)31-29-22(15-20(2)16-25(28)29)17-21-9-5-4-6-10-21/h4-12,17,20,23H,3,13-16,18-19H2,1-2H3/b22-17+/t20-,23+/m1/s1. The van der Waals surface area contributed by atoms with Crippen LogP contribution in [0.4, 0.5) is 0 Å². The fourth-order valence-corrected chi connectivity index (χ4v) is 7.39. The van der Waals surface area contributed by atoms with Crippen molar-refractivity contribution >= 4 is 44.3 Å². The van der Waals surface area contributed by atoms with Crippen molar-refractivity contribution < 1.29 is 22.7 Å². The van der Waals surface area contributed by atoms with Crippen LogP contribution in [0.3, 0.4) is 0 Å². The van der Waals surface area contributed by atoms with Crippen LogP contribution in [-0.4, -0.2) is 60.9 Å². The minimum absolute atomic E-state index is 0.0442. The zero-order chi connectivity index (χ0) is 26.9. The second kappa shape index (κ2) is 10.7. The molecule has 7 nitrogen and oxygen atoms in total. The van der Waals surface area contributed by atoms with Crippen LogP contribution in [0.5, 0.6) is 0 Å². The van der Waals surface area contributed by atoms with Crippen molar-refractivity contribution in [2.24, 2.45) is 5.92 Å². The highest BCUT2D eigenvalue weighted by molar-refractivity contribution is 7.91. The van der Waals surface area contributed by atoms with Gasteiger partial charge in [0.2, 0.25) is 0 Å². The molecule has 2 aromatic carbocycles. The molecule has 1 aliphatic heterocycles. The summed E-state index contributed by atoms with van der Waals surface area (Å²) in [6.07, 6.45) is 4.06. The van der Waals surface area contributed by atoms with Crippen molar-refractivity contribution in [3.05, 3.63) is 77.0 Å². The maximum absolute atomic E-state index is 13.6. The molecule has 1 saturated heterocycles. The Morgan fingerprint density at radius 3 is 2.53 bits per heavy atom. The Balaban J connectivity index is 1.47. The van der Waals surface area contributed by atoms with E-state index in [1.807, 2.05) is 54.6 Å². The Labute approximate surface area is 223 Å². The smallest absolute Gasteiger partial charge is 0.339 e. The summed E-state index contributed by atoms with van der Waals surface area (Å²) in [5, 5.41) is 0.700. The van der Waals surface area contributed by atoms with Gasteiger partial charge in [0.15, 0.2) is 16.4 Å². The summed E-state index contributed by atoms with van der Waals surface area (Å²) in [6.45, 7) is 3.88. The Kier molecular flexibility index (Phi) is 7.34. The largest absolute Gasteiger partial charge is 0.452 e. The van der Waals surface area contributed by atoms with Crippen molar-refractivity contribution in [1.82, 2.24) is 9.88 Å². The molecule has 0 radical (unpaired) electrons. The second-order valence-electron chi connectivity index (χ2n) is 10.2. The summed E-state index contributed by atoms with van der Waals surface area (Å²) >= 11 is 0. The highest BCUT2D eigenvalue weighted by Crippen LogP contribution is 2.38. The zero-order valence-corrected chi connectivity index (χ0v) is 22.5. The Bertz CT molecular complexity index is 1510. The fourth-order valence-electron chi connectivity index (χ4n) is 5.66. The molecule has 1 aromatic heterocycles. The number of hydrogen-bond acceptors (Lipinski definition) is 6. The molecule has 1 aliphatic carbocycles. The number of sulfone groups is 1. The predicted molar refractivity (Wildman–Crippen MR) is 148 cm³/mol. The Morgan fingerprint density at radius 1 is 1.08 bits per heavy atom. The van der Waals surface area contributed by atoms with E-state index in [0.29, 0.717) is 41.8 Å². The number of hydrogen-bond donors (Lipinski definition) is 0. The number of allylic oxidation sites excluding steroid dienone is 1. The van der Waals surface area contributed by atoms with Crippen molar-refractivity contribution in [2.75, 3.05) is 24.7 Å². The number of rotatable bonds is 6. The molecule has 0 bridgehead atoms. The Hall–Kier alpha value is -3.52. The van der Waals surface area contributed by atoms with E-state index in [1.165, 1.54) is 4.90 Å². The second-order valence-corrected chi connectivity index (χ2v) is 12.5. The molecule has 2 atom stereocenters. The van der Waals surface area contributed by atoms with E-state index in [9.17, 15) is 18.0 Å². The maximum Gasteiger partial charge on any atom is 0.339 e. The molecule has 0 unspecified atom stereocenters. The van der Waals surface area contributed by atoms with Crippen LogP contribution in [-0.2, 0) is 25.8 Å². The first-order valence-corrected chi connectivity index (χ1v) is 14.9. The number of pyridine rings is 1. The van der Waals surface area contributed by atoms with Gasteiger partial charge in [-0.25, -0.2) is 18.2 Å². The molecule has 38 heavy (non-hydrogen) atoms. The molecule has 1 amide bonds. The van der Waals surface area contributed by atoms with Gasteiger partial charge in [-0.2, -0.15) is 0 Å². The summed E-state index contributed by atoms with van der Waals surface area (Å²) in [7, 11) is -3.14. The average Bonchev–Trinajstić information content (AvgIpc) is 3.26. The number of likely N-dealkylation sites (N-methyl/N-ethyl adjacent to an activating group) is 1. The predicted octanol–water partition coefficient (Wildman–Crippen LogP) is 4.55. The van der Waals surface area contributed by atoms with Crippen molar-refractivity contribution in [3.63, 3.8) is 0 Å². The van der Waals surface area contributed by atoms with Crippen LogP contribution in [0.15, 0.2) is 54.6 Å². The fraction of sp³-hybridized carbons (Fsp3) is 0.367. The van der Waals surface area contributed by atoms with Crippen LogP contribution in [0.25, 0.3) is 22.6 Å². The number of fused-ring (bicyclic) bond motifs is 2. The third-order valence-corrected chi connectivity index (χ3v) is 9.15. The van der Waals surface area contributed by atoms with Crippen LogP contribution in [0, 0.1) is 5.92 Å². The zero-order valence-electron chi connectivity index (χ0n) is 21.7. The molecule has 0 spiro atoms. The average molecular weight is 533 g/mol. The molecule has 0 saturated carbocycles. The normalized spacial score (nSPS) is 21.3. The summed E-state index contributed by atoms with van der Waals surface area (Å²) < 4.78 is 29.5. The molecular formula is C30H32N2O5S. The van der Waals surface area contributed by atoms with Gasteiger partial charge in [0, 0.05) is 18.0 Å². The molecule has 2 aliphatic rings. The molecule has 0 N–H and O–H groups in total. The van der Waals surface area contributed by atoms with Crippen molar-refractivity contribution in [1.29, 1.82) is 0 Å². The van der Waals surface area contributed by atoms with E-state index in [4.69, 9.17) is 9.72 Å². The summed E-state index contributed by atoms with van der Waals surface area (Å²) in [5.41, 5.74) is 4.94. The Morgan fingerprint density at radius 2 is 1.82 bits per heavy atom. The maximum atomic E-state index is 13.6. The SMILES string of the molecule is CCN(C(=O)COC(=O)c1c2c(nc3ccccc13)/C(=C/c1ccccc1)C[C@@H](C)C2)[C@H]1CCS(=O)(=O)C1. The first-order valence-electron chi connectivity index (χ1n) is 13.1. The van der Waals surface area contributed by atoms with Gasteiger partial charge in [-0.1, -0.05) is 55.5 Å². The topological polar surface area (TPSA) is 93.6 Å². The molecule has 8 heteroatoms. The monoisotopic (exact) mass is 532 g/mol. The number of esters is 1. The van der Waals surface area contributed by atoms with E-state index < -0.39 is 22.4 Å². The highest BCUT2D eigenvalue weighted by atomic mass is 32.2. The minimum atomic E-state index is -3.14. The molecule has 5 rings (SSSR count). The number of benzene rings is 2. The van der Waals surface area contributed by atoms with Crippen LogP contribution < -0.4 is 0 Å². The number of amides is 1. The van der Waals surface area contributed by atoms with Crippen LogP contribution in [0.1, 0.15) is 53.9 Å². The lowest BCUT2D eigenvalue weighted by Gasteiger charge is -2.28. The lowest BCUT2D eigenvalue weighted by molar-refractivity contribution is -0.136. The lowest BCUT2D eigenvalue weighted by atomic mass is 9.80. The molecule has 2 heterocycles. The van der Waals surface area contributed by atoms with Gasteiger partial charge < -0.3 is 9.64 Å². The van der Waals surface area contributed by atoms with Gasteiger partial charge in [-0.15, -0.1) is 0 Å². The molecule has 3 aromatic rings. The van der Waals surface area contributed by atoms with E-state index in [0.717, 1.165) is 28.8 Å². The number of carbonyl (C=O) groups is 2. The van der Waals surface area contributed by atoms with Gasteiger partial charge in [0.1, 0.15) is 0 Å². The van der Waals surface area contributed by atoms with E-state index in [1.54, 1.807) is 6.92 Å². The number of para-hydroxylation sites is 1. The first-order chi connectivity index (χ1) is 18.3. The van der Waals surface area contributed by atoms with Crippen molar-refractivity contribution in [3.8, 4) is 0 Å². The van der Waals surface area contributed by atoms with Crippen molar-refractivity contribution in [2.45, 2.75) is 39.2 Å². The number of nitrogens with zero attached hydrogens (tertiary/aromatic N) is 2. The van der Waals surface area contributed by atoms with Gasteiger partial charge in [-0.3, -0.25) is 4.79 Å². The van der Waals surface area contributed by atoms with Crippen LogP contribution in [0.2, 0.25) is 0 Å². The number of carbonyl (C=O) groups excluding carboxylic acids is 2. The quantitative estimate of drug-likeness (QED) is 0.433. The summed E-state index contributed by atoms with van der Waals surface area (Å²) in [4.78, 5) is 33.1. The summed E-state index contributed by atoms with van der Waals surface area (Å²) in [5.74, 6) is -0.608. The van der Waals surface area contributed by atoms with Gasteiger partial charge in [0.25, 0.3) is 5.91 Å². The van der Waals surface area contributed by atoms with Gasteiger partial charge in [0.05, 0.1) is 28.3 Å². The minimum Gasteiger partial charge on any atom is -0.452 e. The van der Waals surface area contributed by atoms with E-state index >= 15 is 0 Å². The number of aromatic nitrogens is 1. The van der Waals surface area contributed by atoms with E-state index in [2.05, 4.69) is 13.0 Å². The third kappa shape index (κ3) is 5.36. The molecular weight excluding hydrogens is 500 g/mol. The van der Waals surface area contributed by atoms with Crippen LogP contribution >= 0.6 is 0 Å². The highest BCUT2D eigenvalue weighted by Gasteiger charge is 2.35. The summed E-state index contributed by atoms with van der Waals surface area (Å²) in [6, 6.07) is 17.2. The third-order valence-electron chi connectivity index (χ3n) is 7.40. The molecule has 198 valence electrons.